The number of hydrogen-bond donors (Lipinski definition) is 1. The standard InChI is InChI=1S/C26H28N8O/c35-23(27-15-18-32-16-6-7-17-32)14-8-13-22-29-30-26-33(22)21-12-5-4-11-20(21)25-28-24(31-34(25)26)19-9-2-1-3-10-19/h1-5,9-12H,6-8,13-18H2,(H,27,35). The highest BCUT2D eigenvalue weighted by Crippen LogP contribution is 2.25. The van der Waals surface area contributed by atoms with Crippen molar-refractivity contribution < 1.29 is 4.79 Å². The molecule has 1 fully saturated rings. The summed E-state index contributed by atoms with van der Waals surface area (Å²) in [7, 11) is 0. The predicted molar refractivity (Wildman–Crippen MR) is 134 cm³/mol. The first-order chi connectivity index (χ1) is 17.3. The molecular weight excluding hydrogens is 440 g/mol. The number of carbonyl (C=O) groups excluding carboxylic acids is 1. The summed E-state index contributed by atoms with van der Waals surface area (Å²) >= 11 is 0. The third kappa shape index (κ3) is 4.23. The van der Waals surface area contributed by atoms with Gasteiger partial charge in [-0.25, -0.2) is 4.98 Å². The van der Waals surface area contributed by atoms with Crippen molar-refractivity contribution >= 4 is 28.2 Å². The van der Waals surface area contributed by atoms with Gasteiger partial charge in [-0.15, -0.1) is 15.3 Å². The van der Waals surface area contributed by atoms with E-state index in [0.29, 0.717) is 37.4 Å². The third-order valence-corrected chi connectivity index (χ3v) is 6.68. The van der Waals surface area contributed by atoms with Crippen molar-refractivity contribution in [1.29, 1.82) is 0 Å². The van der Waals surface area contributed by atoms with Crippen LogP contribution in [0.1, 0.15) is 31.5 Å². The summed E-state index contributed by atoms with van der Waals surface area (Å²) in [4.78, 5) is 19.6. The first kappa shape index (κ1) is 21.7. The van der Waals surface area contributed by atoms with Crippen LogP contribution in [-0.4, -0.2) is 66.2 Å². The van der Waals surface area contributed by atoms with E-state index < -0.39 is 0 Å². The van der Waals surface area contributed by atoms with E-state index in [1.807, 2.05) is 52.9 Å². The highest BCUT2D eigenvalue weighted by molar-refractivity contribution is 5.94. The normalized spacial score (nSPS) is 14.4. The van der Waals surface area contributed by atoms with Gasteiger partial charge < -0.3 is 10.2 Å². The molecule has 1 N–H and O–H groups in total. The number of carbonyl (C=O) groups is 1. The second-order valence-electron chi connectivity index (χ2n) is 9.06. The number of nitrogens with one attached hydrogen (secondary N) is 1. The van der Waals surface area contributed by atoms with Gasteiger partial charge in [-0.1, -0.05) is 42.5 Å². The summed E-state index contributed by atoms with van der Waals surface area (Å²) in [5.74, 6) is 2.19. The highest BCUT2D eigenvalue weighted by Gasteiger charge is 2.18. The Morgan fingerprint density at radius 2 is 1.77 bits per heavy atom. The maximum atomic E-state index is 12.3. The molecule has 0 radical (unpaired) electrons. The topological polar surface area (TPSA) is 92.7 Å². The number of para-hydroxylation sites is 1. The van der Waals surface area contributed by atoms with Gasteiger partial charge in [0.15, 0.2) is 11.5 Å². The molecule has 3 aromatic heterocycles. The molecule has 178 valence electrons. The van der Waals surface area contributed by atoms with Gasteiger partial charge in [0.1, 0.15) is 5.82 Å². The summed E-state index contributed by atoms with van der Waals surface area (Å²) in [6, 6.07) is 18.0. The van der Waals surface area contributed by atoms with Crippen LogP contribution in [0, 0.1) is 0 Å². The number of aryl methyl sites for hydroxylation is 1. The van der Waals surface area contributed by atoms with Crippen LogP contribution in [0.4, 0.5) is 0 Å². The molecule has 0 spiro atoms. The van der Waals surface area contributed by atoms with Crippen molar-refractivity contribution in [2.75, 3.05) is 26.2 Å². The van der Waals surface area contributed by atoms with E-state index in [2.05, 4.69) is 26.5 Å². The third-order valence-electron chi connectivity index (χ3n) is 6.68. The van der Waals surface area contributed by atoms with Crippen LogP contribution in [0.2, 0.25) is 0 Å². The molecule has 0 unspecified atom stereocenters. The average Bonchev–Trinajstić information content (AvgIpc) is 3.65. The van der Waals surface area contributed by atoms with Gasteiger partial charge in [-0.05, 0) is 44.5 Å². The maximum Gasteiger partial charge on any atom is 0.258 e. The Morgan fingerprint density at radius 1 is 0.971 bits per heavy atom. The maximum absolute atomic E-state index is 12.3. The minimum absolute atomic E-state index is 0.0917. The lowest BCUT2D eigenvalue weighted by Gasteiger charge is -2.14. The molecule has 0 saturated carbocycles. The van der Waals surface area contributed by atoms with E-state index >= 15 is 0 Å². The zero-order valence-corrected chi connectivity index (χ0v) is 19.6. The Hall–Kier alpha value is -3.85. The Kier molecular flexibility index (Phi) is 5.83. The molecule has 9 nitrogen and oxygen atoms in total. The molecule has 2 aromatic carbocycles. The average molecular weight is 469 g/mol. The minimum Gasteiger partial charge on any atom is -0.355 e. The van der Waals surface area contributed by atoms with Crippen molar-refractivity contribution in [2.45, 2.75) is 32.1 Å². The first-order valence-electron chi connectivity index (χ1n) is 12.3. The first-order valence-corrected chi connectivity index (χ1v) is 12.3. The van der Waals surface area contributed by atoms with Crippen LogP contribution in [-0.2, 0) is 11.2 Å². The summed E-state index contributed by atoms with van der Waals surface area (Å²) in [6.45, 7) is 3.95. The molecule has 1 saturated heterocycles. The Balaban J connectivity index is 1.24. The van der Waals surface area contributed by atoms with Gasteiger partial charge in [0.2, 0.25) is 5.91 Å². The quantitative estimate of drug-likeness (QED) is 0.376. The Bertz CT molecular complexity index is 1480. The van der Waals surface area contributed by atoms with E-state index in [0.717, 1.165) is 47.6 Å². The fourth-order valence-corrected chi connectivity index (χ4v) is 4.90. The molecule has 0 aliphatic carbocycles. The van der Waals surface area contributed by atoms with Crippen molar-refractivity contribution in [3.05, 3.63) is 60.4 Å². The lowest BCUT2D eigenvalue weighted by molar-refractivity contribution is -0.121. The highest BCUT2D eigenvalue weighted by atomic mass is 16.1. The molecular formula is C26H28N8O. The van der Waals surface area contributed by atoms with Gasteiger partial charge in [-0.2, -0.15) is 4.52 Å². The fraction of sp³-hybridized carbons (Fsp3) is 0.346. The number of hydrogen-bond acceptors (Lipinski definition) is 6. The van der Waals surface area contributed by atoms with E-state index in [1.54, 1.807) is 4.52 Å². The molecule has 5 aromatic rings. The number of rotatable bonds is 8. The largest absolute Gasteiger partial charge is 0.355 e. The van der Waals surface area contributed by atoms with E-state index in [9.17, 15) is 4.79 Å². The molecule has 4 heterocycles. The van der Waals surface area contributed by atoms with Crippen molar-refractivity contribution in [3.8, 4) is 11.4 Å². The zero-order chi connectivity index (χ0) is 23.6. The SMILES string of the molecule is O=C(CCCc1nnc2n3nc(-c4ccccc4)nc3c3ccccc3n12)NCCN1CCCC1. The zero-order valence-electron chi connectivity index (χ0n) is 19.6. The number of fused-ring (bicyclic) bond motifs is 6. The Morgan fingerprint density at radius 3 is 2.63 bits per heavy atom. The second kappa shape index (κ2) is 9.42. The molecule has 6 rings (SSSR count). The van der Waals surface area contributed by atoms with Crippen LogP contribution < -0.4 is 5.32 Å². The lowest BCUT2D eigenvalue weighted by Crippen LogP contribution is -2.33. The number of aromatic nitrogens is 6. The van der Waals surface area contributed by atoms with E-state index in [1.165, 1.54) is 12.8 Å². The number of amides is 1. The number of benzene rings is 2. The van der Waals surface area contributed by atoms with Crippen molar-refractivity contribution in [3.63, 3.8) is 0 Å². The second-order valence-corrected chi connectivity index (χ2v) is 9.06. The van der Waals surface area contributed by atoms with Crippen LogP contribution in [0.15, 0.2) is 54.6 Å². The molecule has 1 aliphatic rings. The van der Waals surface area contributed by atoms with Crippen molar-refractivity contribution in [1.82, 2.24) is 39.4 Å². The predicted octanol–water partition coefficient (Wildman–Crippen LogP) is 3.13. The molecule has 9 heteroatoms. The molecule has 0 atom stereocenters. The monoisotopic (exact) mass is 468 g/mol. The number of likely N-dealkylation sites (tertiary alicyclic amines) is 1. The van der Waals surface area contributed by atoms with Crippen LogP contribution in [0.3, 0.4) is 0 Å². The van der Waals surface area contributed by atoms with Crippen LogP contribution in [0.5, 0.6) is 0 Å². The minimum atomic E-state index is 0.0917. The molecule has 0 bridgehead atoms. The van der Waals surface area contributed by atoms with Gasteiger partial charge in [-0.3, -0.25) is 9.20 Å². The molecule has 1 aliphatic heterocycles. The number of nitrogens with zero attached hydrogens (tertiary/aromatic N) is 7. The van der Waals surface area contributed by atoms with Crippen LogP contribution in [0.25, 0.3) is 33.7 Å². The smallest absolute Gasteiger partial charge is 0.258 e. The fourth-order valence-electron chi connectivity index (χ4n) is 4.90. The summed E-state index contributed by atoms with van der Waals surface area (Å²) in [6.07, 6.45) is 4.36. The molecule has 1 amide bonds. The van der Waals surface area contributed by atoms with Gasteiger partial charge in [0, 0.05) is 36.9 Å². The van der Waals surface area contributed by atoms with E-state index in [-0.39, 0.29) is 5.91 Å². The van der Waals surface area contributed by atoms with E-state index in [4.69, 9.17) is 10.1 Å². The van der Waals surface area contributed by atoms with Crippen LogP contribution >= 0.6 is 0 Å². The molecule has 35 heavy (non-hydrogen) atoms. The summed E-state index contributed by atoms with van der Waals surface area (Å²) in [5.41, 5.74) is 2.69. The summed E-state index contributed by atoms with van der Waals surface area (Å²) < 4.78 is 3.81. The van der Waals surface area contributed by atoms with Gasteiger partial charge in [0.05, 0.1) is 5.52 Å². The lowest BCUT2D eigenvalue weighted by atomic mass is 10.2. The van der Waals surface area contributed by atoms with Gasteiger partial charge >= 0.3 is 0 Å². The van der Waals surface area contributed by atoms with Gasteiger partial charge in [0.25, 0.3) is 5.78 Å². The van der Waals surface area contributed by atoms with Crippen molar-refractivity contribution in [2.24, 2.45) is 0 Å². The summed E-state index contributed by atoms with van der Waals surface area (Å²) in [5, 5.41) is 17.7. The Labute approximate surface area is 202 Å².